The monoisotopic (exact) mass is 347 g/mol. The molecule has 0 aromatic heterocycles. The number of hydrogen-bond acceptors (Lipinski definition) is 2. The van der Waals surface area contributed by atoms with Crippen LogP contribution in [0.1, 0.15) is 32.6 Å². The molecule has 0 radical (unpaired) electrons. The first-order chi connectivity index (χ1) is 10.0. The van der Waals surface area contributed by atoms with E-state index in [0.29, 0.717) is 12.2 Å². The molecular formula is C17H18BrNO2. The Balaban J connectivity index is 2.25. The van der Waals surface area contributed by atoms with Crippen molar-refractivity contribution in [3.05, 3.63) is 64.2 Å². The summed E-state index contributed by atoms with van der Waals surface area (Å²) in [5.41, 5.74) is 4.85. The van der Waals surface area contributed by atoms with Crippen LogP contribution in [0.25, 0.3) is 0 Å². The highest BCUT2D eigenvalue weighted by molar-refractivity contribution is 9.08. The predicted octanol–water partition coefficient (Wildman–Crippen LogP) is 4.23. The maximum absolute atomic E-state index is 11.9. The van der Waals surface area contributed by atoms with Crippen LogP contribution < -0.4 is 9.08 Å². The molecule has 0 saturated carbocycles. The number of benzene rings is 2. The Hall–Kier alpha value is -1.81. The molecule has 21 heavy (non-hydrogen) atoms. The molecule has 4 heteroatoms. The van der Waals surface area contributed by atoms with Crippen LogP contribution >= 0.6 is 16.1 Å². The van der Waals surface area contributed by atoms with Gasteiger partial charge in [-0.15, -0.1) is 0 Å². The second-order valence-electron chi connectivity index (χ2n) is 5.08. The highest BCUT2D eigenvalue weighted by atomic mass is 79.9. The molecule has 2 aromatic rings. The fraction of sp³-hybridized carbons (Fsp3) is 0.235. The van der Waals surface area contributed by atoms with Gasteiger partial charge in [-0.1, -0.05) is 29.8 Å². The largest absolute Gasteiger partial charge is 0.489 e. The van der Waals surface area contributed by atoms with Crippen molar-refractivity contribution in [3.8, 4) is 5.75 Å². The maximum atomic E-state index is 11.9. The Morgan fingerprint density at radius 1 is 1.14 bits per heavy atom. The highest BCUT2D eigenvalue weighted by Gasteiger charge is 2.13. The molecule has 0 saturated heterocycles. The van der Waals surface area contributed by atoms with Crippen molar-refractivity contribution in [1.82, 2.24) is 4.34 Å². The molecule has 0 bridgehead atoms. The van der Waals surface area contributed by atoms with Gasteiger partial charge in [0.1, 0.15) is 12.4 Å². The first kappa shape index (κ1) is 15.6. The van der Waals surface area contributed by atoms with E-state index in [-0.39, 0.29) is 5.91 Å². The van der Waals surface area contributed by atoms with Crippen molar-refractivity contribution >= 4 is 22.1 Å². The van der Waals surface area contributed by atoms with Gasteiger partial charge in [-0.05, 0) is 44.0 Å². The molecule has 1 N–H and O–H groups in total. The lowest BCUT2D eigenvalue weighted by atomic mass is 10.0. The van der Waals surface area contributed by atoms with E-state index in [1.54, 1.807) is 6.07 Å². The third kappa shape index (κ3) is 3.64. The van der Waals surface area contributed by atoms with Gasteiger partial charge in [0.05, 0.1) is 0 Å². The average Bonchev–Trinajstić information content (AvgIpc) is 2.46. The van der Waals surface area contributed by atoms with Crippen LogP contribution in [0.3, 0.4) is 0 Å². The van der Waals surface area contributed by atoms with E-state index in [4.69, 9.17) is 4.74 Å². The molecule has 0 fully saturated rings. The number of ether oxygens (including phenoxy) is 1. The van der Waals surface area contributed by atoms with Crippen molar-refractivity contribution in [2.24, 2.45) is 0 Å². The first-order valence-electron chi connectivity index (χ1n) is 6.72. The van der Waals surface area contributed by atoms with Gasteiger partial charge in [0.15, 0.2) is 0 Å². The SMILES string of the molecule is Cc1ccc(OCc2c(C)cccc2C(=O)NBr)c(C)c1. The van der Waals surface area contributed by atoms with E-state index >= 15 is 0 Å². The highest BCUT2D eigenvalue weighted by Crippen LogP contribution is 2.22. The normalized spacial score (nSPS) is 10.3. The van der Waals surface area contributed by atoms with Gasteiger partial charge < -0.3 is 4.74 Å². The molecule has 3 nitrogen and oxygen atoms in total. The smallest absolute Gasteiger partial charge is 0.261 e. The molecule has 0 aliphatic heterocycles. The summed E-state index contributed by atoms with van der Waals surface area (Å²) in [5.74, 6) is 0.673. The minimum atomic E-state index is -0.169. The Labute approximate surface area is 133 Å². The summed E-state index contributed by atoms with van der Waals surface area (Å²) in [6.45, 7) is 6.42. The fourth-order valence-electron chi connectivity index (χ4n) is 2.27. The van der Waals surface area contributed by atoms with Gasteiger partial charge in [0.2, 0.25) is 0 Å². The van der Waals surface area contributed by atoms with E-state index in [1.807, 2.05) is 38.1 Å². The molecule has 0 atom stereocenters. The van der Waals surface area contributed by atoms with Crippen LogP contribution in [0.2, 0.25) is 0 Å². The van der Waals surface area contributed by atoms with E-state index in [9.17, 15) is 4.79 Å². The summed E-state index contributed by atoms with van der Waals surface area (Å²) in [6.07, 6.45) is 0. The zero-order valence-electron chi connectivity index (χ0n) is 12.4. The lowest BCUT2D eigenvalue weighted by molar-refractivity contribution is 0.0984. The quantitative estimate of drug-likeness (QED) is 0.840. The second kappa shape index (κ2) is 6.76. The summed E-state index contributed by atoms with van der Waals surface area (Å²) in [5, 5.41) is 0. The third-order valence-corrected chi connectivity index (χ3v) is 3.80. The number of carbonyl (C=O) groups is 1. The Morgan fingerprint density at radius 2 is 1.90 bits per heavy atom. The van der Waals surface area contributed by atoms with Crippen molar-refractivity contribution < 1.29 is 9.53 Å². The molecule has 110 valence electrons. The van der Waals surface area contributed by atoms with Gasteiger partial charge in [-0.3, -0.25) is 9.14 Å². The van der Waals surface area contributed by atoms with Gasteiger partial charge in [0, 0.05) is 27.3 Å². The number of carbonyl (C=O) groups excluding carboxylic acids is 1. The second-order valence-corrected chi connectivity index (χ2v) is 5.48. The summed E-state index contributed by atoms with van der Waals surface area (Å²) >= 11 is 2.99. The molecular weight excluding hydrogens is 330 g/mol. The topological polar surface area (TPSA) is 38.3 Å². The van der Waals surface area contributed by atoms with Crippen molar-refractivity contribution in [2.45, 2.75) is 27.4 Å². The van der Waals surface area contributed by atoms with Gasteiger partial charge in [0.25, 0.3) is 5.91 Å². The number of halogens is 1. The lowest BCUT2D eigenvalue weighted by Gasteiger charge is -2.14. The van der Waals surface area contributed by atoms with Crippen molar-refractivity contribution in [2.75, 3.05) is 0 Å². The van der Waals surface area contributed by atoms with E-state index in [1.165, 1.54) is 5.56 Å². The summed E-state index contributed by atoms with van der Waals surface area (Å²) < 4.78 is 8.38. The summed E-state index contributed by atoms with van der Waals surface area (Å²) in [6, 6.07) is 11.7. The lowest BCUT2D eigenvalue weighted by Crippen LogP contribution is -2.16. The number of rotatable bonds is 4. The number of amides is 1. The van der Waals surface area contributed by atoms with Crippen LogP contribution in [-0.2, 0) is 6.61 Å². The molecule has 2 rings (SSSR count). The fourth-order valence-corrected chi connectivity index (χ4v) is 2.48. The third-order valence-electron chi connectivity index (χ3n) is 3.44. The molecule has 0 aliphatic rings. The Morgan fingerprint density at radius 3 is 2.57 bits per heavy atom. The van der Waals surface area contributed by atoms with Crippen molar-refractivity contribution in [3.63, 3.8) is 0 Å². The Kier molecular flexibility index (Phi) is 5.02. The molecule has 2 aromatic carbocycles. The molecule has 0 heterocycles. The molecule has 0 unspecified atom stereocenters. The van der Waals surface area contributed by atoms with Crippen LogP contribution in [0, 0.1) is 20.8 Å². The minimum Gasteiger partial charge on any atom is -0.489 e. The van der Waals surface area contributed by atoms with Gasteiger partial charge in [-0.25, -0.2) is 0 Å². The molecule has 0 aliphatic carbocycles. The van der Waals surface area contributed by atoms with Crippen LogP contribution in [0.4, 0.5) is 0 Å². The van der Waals surface area contributed by atoms with Crippen LogP contribution in [0.5, 0.6) is 5.75 Å². The van der Waals surface area contributed by atoms with E-state index in [2.05, 4.69) is 33.5 Å². The van der Waals surface area contributed by atoms with Gasteiger partial charge in [-0.2, -0.15) is 0 Å². The first-order valence-corrected chi connectivity index (χ1v) is 7.51. The standard InChI is InChI=1S/C17H18BrNO2/c1-11-7-8-16(13(3)9-11)21-10-15-12(2)5-4-6-14(15)17(20)19-18/h4-9H,10H2,1-3H3,(H,19,20). The van der Waals surface area contributed by atoms with Crippen LogP contribution in [0.15, 0.2) is 36.4 Å². The zero-order chi connectivity index (χ0) is 15.4. The van der Waals surface area contributed by atoms with E-state index < -0.39 is 0 Å². The van der Waals surface area contributed by atoms with Crippen molar-refractivity contribution in [1.29, 1.82) is 0 Å². The number of nitrogens with one attached hydrogen (secondary N) is 1. The summed E-state index contributed by atoms with van der Waals surface area (Å²) in [4.78, 5) is 11.9. The summed E-state index contributed by atoms with van der Waals surface area (Å²) in [7, 11) is 0. The van der Waals surface area contributed by atoms with Gasteiger partial charge >= 0.3 is 0 Å². The van der Waals surface area contributed by atoms with E-state index in [0.717, 1.165) is 22.4 Å². The zero-order valence-corrected chi connectivity index (χ0v) is 14.0. The van der Waals surface area contributed by atoms with Crippen LogP contribution in [-0.4, -0.2) is 5.91 Å². The molecule has 0 spiro atoms. The number of hydrogen-bond donors (Lipinski definition) is 1. The Bertz CT molecular complexity index is 668. The molecule has 1 amide bonds. The maximum Gasteiger partial charge on any atom is 0.261 e. The number of aryl methyl sites for hydroxylation is 3. The predicted molar refractivity (Wildman–Crippen MR) is 87.8 cm³/mol. The minimum absolute atomic E-state index is 0.169. The average molecular weight is 348 g/mol.